The first-order valence-electron chi connectivity index (χ1n) is 11.4. The first kappa shape index (κ1) is 21.4. The zero-order valence-corrected chi connectivity index (χ0v) is 18.9. The lowest BCUT2D eigenvalue weighted by molar-refractivity contribution is -0.127. The minimum atomic E-state index is -0.0514. The van der Waals surface area contributed by atoms with Crippen LogP contribution in [0.3, 0.4) is 0 Å². The van der Waals surface area contributed by atoms with Crippen molar-refractivity contribution in [3.63, 3.8) is 0 Å². The summed E-state index contributed by atoms with van der Waals surface area (Å²) in [6, 6.07) is 8.36. The summed E-state index contributed by atoms with van der Waals surface area (Å²) in [5, 5.41) is 7.57. The Morgan fingerprint density at radius 1 is 1.18 bits per heavy atom. The number of likely N-dealkylation sites (tertiary alicyclic amines) is 1. The summed E-state index contributed by atoms with van der Waals surface area (Å²) < 4.78 is 5.48. The molecule has 1 amide bonds. The lowest BCUT2D eigenvalue weighted by Crippen LogP contribution is -2.44. The van der Waals surface area contributed by atoms with Gasteiger partial charge in [0, 0.05) is 56.6 Å². The number of amides is 1. The van der Waals surface area contributed by atoms with E-state index in [4.69, 9.17) is 9.51 Å². The second-order valence-corrected chi connectivity index (χ2v) is 8.76. The Morgan fingerprint density at radius 2 is 1.97 bits per heavy atom. The van der Waals surface area contributed by atoms with Gasteiger partial charge in [0.1, 0.15) is 11.2 Å². The molecule has 0 saturated carbocycles. The fraction of sp³-hybridized carbons (Fsp3) is 0.417. The molecule has 2 fully saturated rings. The number of aromatic nitrogens is 3. The van der Waals surface area contributed by atoms with Crippen LogP contribution in [-0.2, 0) is 4.79 Å². The van der Waals surface area contributed by atoms with Crippen LogP contribution in [0.5, 0.6) is 0 Å². The molecule has 2 aliphatic heterocycles. The van der Waals surface area contributed by atoms with Crippen molar-refractivity contribution in [2.24, 2.45) is 0 Å². The maximum absolute atomic E-state index is 12.1. The molecule has 0 aliphatic carbocycles. The molecule has 0 bridgehead atoms. The molecule has 1 N–H and O–H groups in total. The predicted molar refractivity (Wildman–Crippen MR) is 128 cm³/mol. The van der Waals surface area contributed by atoms with E-state index >= 15 is 0 Å². The van der Waals surface area contributed by atoms with E-state index in [0.717, 1.165) is 56.9 Å². The predicted octanol–water partition coefficient (Wildman–Crippen LogP) is 3.01. The monoisotopic (exact) mass is 447 g/mol. The van der Waals surface area contributed by atoms with Gasteiger partial charge in [0.2, 0.25) is 17.4 Å². The van der Waals surface area contributed by atoms with Crippen molar-refractivity contribution in [1.29, 1.82) is 0 Å². The molecule has 9 nitrogen and oxygen atoms in total. The van der Waals surface area contributed by atoms with Gasteiger partial charge in [-0.25, -0.2) is 9.97 Å². The van der Waals surface area contributed by atoms with Crippen LogP contribution in [0.15, 0.2) is 47.6 Å². The summed E-state index contributed by atoms with van der Waals surface area (Å²) in [4.78, 5) is 27.7. The second kappa shape index (κ2) is 9.19. The number of nitrogens with zero attached hydrogens (tertiary/aromatic N) is 6. The van der Waals surface area contributed by atoms with Gasteiger partial charge in [-0.1, -0.05) is 11.7 Å². The van der Waals surface area contributed by atoms with Gasteiger partial charge in [0.25, 0.3) is 0 Å². The molecular formula is C24H29N7O2. The Labute approximate surface area is 193 Å². The zero-order valence-electron chi connectivity index (χ0n) is 18.9. The highest BCUT2D eigenvalue weighted by Gasteiger charge is 2.28. The van der Waals surface area contributed by atoms with Crippen LogP contribution in [0.4, 0.5) is 17.3 Å². The molecule has 2 aliphatic rings. The van der Waals surface area contributed by atoms with E-state index in [2.05, 4.69) is 63.1 Å². The topological polar surface area (TPSA) is 90.6 Å². The van der Waals surface area contributed by atoms with Gasteiger partial charge in [-0.2, -0.15) is 0 Å². The molecule has 5 rings (SSSR count). The van der Waals surface area contributed by atoms with Crippen LogP contribution in [0.25, 0.3) is 11.1 Å². The fourth-order valence-corrected chi connectivity index (χ4v) is 4.57. The second-order valence-electron chi connectivity index (χ2n) is 8.76. The average molecular weight is 448 g/mol. The molecule has 33 heavy (non-hydrogen) atoms. The van der Waals surface area contributed by atoms with E-state index < -0.39 is 0 Å². The summed E-state index contributed by atoms with van der Waals surface area (Å²) in [5.74, 6) is 0.521. The quantitative estimate of drug-likeness (QED) is 0.597. The number of nitrogens with one attached hydrogen (secondary N) is 1. The van der Waals surface area contributed by atoms with Gasteiger partial charge in [-0.05, 0) is 50.2 Å². The van der Waals surface area contributed by atoms with Gasteiger partial charge in [0.15, 0.2) is 0 Å². The fourth-order valence-electron chi connectivity index (χ4n) is 4.57. The lowest BCUT2D eigenvalue weighted by Gasteiger charge is -2.34. The lowest BCUT2D eigenvalue weighted by atomic mass is 9.94. The third kappa shape index (κ3) is 4.54. The van der Waals surface area contributed by atoms with Crippen LogP contribution in [0.2, 0.25) is 0 Å². The summed E-state index contributed by atoms with van der Waals surface area (Å²) in [6.45, 7) is 9.16. The number of carbonyl (C=O) groups excluding carboxylic acids is 1. The number of piperazine rings is 1. The molecule has 1 atom stereocenters. The van der Waals surface area contributed by atoms with Gasteiger partial charge >= 0.3 is 0 Å². The van der Waals surface area contributed by atoms with E-state index in [-0.39, 0.29) is 11.8 Å². The summed E-state index contributed by atoms with van der Waals surface area (Å²) in [6.07, 6.45) is 4.86. The number of likely N-dealkylation sites (N-methyl/N-ethyl adjacent to an activating group) is 1. The highest BCUT2D eigenvalue weighted by Crippen LogP contribution is 2.31. The van der Waals surface area contributed by atoms with E-state index in [0.29, 0.717) is 23.6 Å². The first-order valence-corrected chi connectivity index (χ1v) is 11.4. The molecule has 2 saturated heterocycles. The highest BCUT2D eigenvalue weighted by atomic mass is 16.5. The molecule has 1 unspecified atom stereocenters. The molecule has 4 heterocycles. The first-order chi connectivity index (χ1) is 16.1. The number of carbonyl (C=O) groups is 1. The Kier molecular flexibility index (Phi) is 5.95. The van der Waals surface area contributed by atoms with Crippen LogP contribution < -0.4 is 10.2 Å². The maximum atomic E-state index is 12.1. The van der Waals surface area contributed by atoms with Crippen LogP contribution in [0.1, 0.15) is 24.5 Å². The van der Waals surface area contributed by atoms with Crippen molar-refractivity contribution < 1.29 is 9.32 Å². The number of hydrogen-bond donors (Lipinski definition) is 1. The maximum Gasteiger partial charge on any atom is 0.245 e. The van der Waals surface area contributed by atoms with Crippen molar-refractivity contribution in [3.05, 3.63) is 48.8 Å². The number of fused-ring (bicyclic) bond motifs is 1. The van der Waals surface area contributed by atoms with Crippen LogP contribution in [0, 0.1) is 0 Å². The SMILES string of the molecule is C=CC(=O)N1CCCC(c2noc3cnc(Nc4ccc(N5CCN(C)CC5)cc4)nc23)C1. The Bertz CT molecular complexity index is 1140. The molecule has 172 valence electrons. The Hall–Kier alpha value is -3.46. The molecule has 3 aromatic rings. The molecule has 1 aromatic carbocycles. The molecular weight excluding hydrogens is 418 g/mol. The largest absolute Gasteiger partial charge is 0.369 e. The minimum absolute atomic E-state index is 0.0514. The highest BCUT2D eigenvalue weighted by molar-refractivity contribution is 5.87. The number of piperidine rings is 1. The average Bonchev–Trinajstić information content (AvgIpc) is 3.28. The third-order valence-electron chi connectivity index (χ3n) is 6.53. The van der Waals surface area contributed by atoms with Gasteiger partial charge in [0.05, 0.1) is 6.20 Å². The zero-order chi connectivity index (χ0) is 22.8. The number of benzene rings is 1. The minimum Gasteiger partial charge on any atom is -0.369 e. The Morgan fingerprint density at radius 3 is 2.73 bits per heavy atom. The number of anilines is 3. The van der Waals surface area contributed by atoms with Crippen molar-refractivity contribution in [1.82, 2.24) is 24.9 Å². The molecule has 0 spiro atoms. The van der Waals surface area contributed by atoms with Gasteiger partial charge in [-0.3, -0.25) is 4.79 Å². The van der Waals surface area contributed by atoms with Crippen molar-refractivity contribution in [2.75, 3.05) is 56.5 Å². The summed E-state index contributed by atoms with van der Waals surface area (Å²) in [5.41, 5.74) is 4.17. The number of rotatable bonds is 5. The van der Waals surface area contributed by atoms with Gasteiger partial charge in [-0.15, -0.1) is 0 Å². The van der Waals surface area contributed by atoms with E-state index in [1.54, 1.807) is 6.20 Å². The van der Waals surface area contributed by atoms with Crippen LogP contribution >= 0.6 is 0 Å². The normalized spacial score (nSPS) is 19.6. The molecule has 0 radical (unpaired) electrons. The van der Waals surface area contributed by atoms with Crippen LogP contribution in [-0.4, -0.2) is 77.1 Å². The van der Waals surface area contributed by atoms with Crippen molar-refractivity contribution in [3.8, 4) is 0 Å². The van der Waals surface area contributed by atoms with Gasteiger partial charge < -0.3 is 24.5 Å². The van der Waals surface area contributed by atoms with E-state index in [9.17, 15) is 4.79 Å². The van der Waals surface area contributed by atoms with Crippen molar-refractivity contribution >= 4 is 34.3 Å². The number of hydrogen-bond acceptors (Lipinski definition) is 8. The van der Waals surface area contributed by atoms with E-state index in [1.165, 1.54) is 11.8 Å². The summed E-state index contributed by atoms with van der Waals surface area (Å²) >= 11 is 0. The standard InChI is InChI=1S/C24H29N7O2/c1-3-21(32)31-10-4-5-17(16-31)22-23-20(33-28-22)15-25-24(27-23)26-18-6-8-19(9-7-18)30-13-11-29(2)12-14-30/h3,6-9,15,17H,1,4-5,10-14,16H2,2H3,(H,25,26,27). The van der Waals surface area contributed by atoms with Crippen molar-refractivity contribution in [2.45, 2.75) is 18.8 Å². The molecule has 2 aromatic heterocycles. The summed E-state index contributed by atoms with van der Waals surface area (Å²) in [7, 11) is 2.16. The smallest absolute Gasteiger partial charge is 0.245 e. The Balaban J connectivity index is 1.31. The third-order valence-corrected chi connectivity index (χ3v) is 6.53. The van der Waals surface area contributed by atoms with E-state index in [1.807, 2.05) is 4.90 Å². The molecule has 9 heteroatoms.